The van der Waals surface area contributed by atoms with E-state index in [1.54, 1.807) is 7.11 Å². The second kappa shape index (κ2) is 8.76. The molecule has 1 heterocycles. The van der Waals surface area contributed by atoms with Crippen LogP contribution in [0.25, 0.3) is 0 Å². The number of nitrogens with zero attached hydrogens (tertiary/aromatic N) is 3. The van der Waals surface area contributed by atoms with E-state index in [2.05, 4.69) is 21.9 Å². The van der Waals surface area contributed by atoms with Gasteiger partial charge >= 0.3 is 0 Å². The third kappa shape index (κ3) is 5.12. The Labute approximate surface area is 139 Å². The maximum absolute atomic E-state index is 9.15. The van der Waals surface area contributed by atoms with E-state index in [9.17, 15) is 0 Å². The first-order valence-electron chi connectivity index (χ1n) is 8.19. The fourth-order valence-electron chi connectivity index (χ4n) is 2.89. The van der Waals surface area contributed by atoms with Crippen molar-refractivity contribution in [3.05, 3.63) is 23.8 Å². The maximum atomic E-state index is 9.15. The summed E-state index contributed by atoms with van der Waals surface area (Å²) in [7, 11) is 5.73. The van der Waals surface area contributed by atoms with Gasteiger partial charge in [0.15, 0.2) is 11.5 Å². The van der Waals surface area contributed by atoms with Gasteiger partial charge in [0.25, 0.3) is 0 Å². The molecule has 0 saturated carbocycles. The van der Waals surface area contributed by atoms with Gasteiger partial charge < -0.3 is 14.4 Å². The molecule has 0 aliphatic carbocycles. The number of benzene rings is 1. The average molecular weight is 317 g/mol. The third-order valence-corrected chi connectivity index (χ3v) is 4.15. The van der Waals surface area contributed by atoms with Crippen LogP contribution < -0.4 is 9.47 Å². The first kappa shape index (κ1) is 17.6. The molecule has 0 bridgehead atoms. The van der Waals surface area contributed by atoms with Gasteiger partial charge in [0.1, 0.15) is 6.61 Å². The number of likely N-dealkylation sites (N-methyl/N-ethyl adjacent to an activating group) is 1. The molecule has 1 aromatic rings. The quantitative estimate of drug-likeness (QED) is 0.773. The molecule has 1 aliphatic heterocycles. The highest BCUT2D eigenvalue weighted by atomic mass is 16.5. The van der Waals surface area contributed by atoms with Crippen molar-refractivity contribution in [2.24, 2.45) is 5.92 Å². The summed E-state index contributed by atoms with van der Waals surface area (Å²) in [6, 6.07) is 8.42. The number of methoxy groups -OCH3 is 1. The van der Waals surface area contributed by atoms with Gasteiger partial charge in [-0.3, -0.25) is 4.90 Å². The summed E-state index contributed by atoms with van der Waals surface area (Å²) in [4.78, 5) is 4.43. The van der Waals surface area contributed by atoms with Crippen molar-refractivity contribution >= 4 is 0 Å². The van der Waals surface area contributed by atoms with Crippen molar-refractivity contribution in [2.75, 3.05) is 47.4 Å². The zero-order valence-corrected chi connectivity index (χ0v) is 14.4. The lowest BCUT2D eigenvalue weighted by Crippen LogP contribution is -2.34. The molecular formula is C18H27N3O2. The Bertz CT molecular complexity index is 540. The van der Waals surface area contributed by atoms with E-state index in [0.717, 1.165) is 56.1 Å². The van der Waals surface area contributed by atoms with Crippen molar-refractivity contribution in [1.29, 1.82) is 5.26 Å². The molecule has 0 spiro atoms. The zero-order valence-electron chi connectivity index (χ0n) is 14.4. The highest BCUT2D eigenvalue weighted by Crippen LogP contribution is 2.32. The predicted molar refractivity (Wildman–Crippen MR) is 90.7 cm³/mol. The van der Waals surface area contributed by atoms with Crippen LogP contribution in [-0.2, 0) is 6.54 Å². The number of hydrogen-bond donors (Lipinski definition) is 0. The van der Waals surface area contributed by atoms with Crippen LogP contribution in [0.3, 0.4) is 0 Å². The second-order valence-corrected chi connectivity index (χ2v) is 6.30. The molecule has 126 valence electrons. The van der Waals surface area contributed by atoms with Crippen LogP contribution in [0.1, 0.15) is 18.4 Å². The number of hydrogen-bond acceptors (Lipinski definition) is 5. The Morgan fingerprint density at radius 3 is 2.91 bits per heavy atom. The first-order chi connectivity index (χ1) is 11.1. The summed E-state index contributed by atoms with van der Waals surface area (Å²) >= 11 is 0. The minimum Gasteiger partial charge on any atom is -0.493 e. The van der Waals surface area contributed by atoms with Crippen molar-refractivity contribution in [1.82, 2.24) is 9.80 Å². The monoisotopic (exact) mass is 317 g/mol. The molecule has 1 aromatic carbocycles. The number of nitriles is 1. The topological polar surface area (TPSA) is 48.7 Å². The largest absolute Gasteiger partial charge is 0.493 e. The molecule has 1 fully saturated rings. The fraction of sp³-hybridized carbons (Fsp3) is 0.611. The van der Waals surface area contributed by atoms with Crippen molar-refractivity contribution < 1.29 is 9.47 Å². The van der Waals surface area contributed by atoms with Gasteiger partial charge in [-0.05, 0) is 39.5 Å². The van der Waals surface area contributed by atoms with E-state index in [1.807, 2.05) is 26.2 Å². The van der Waals surface area contributed by atoms with Gasteiger partial charge in [0.2, 0.25) is 0 Å². The molecule has 5 heteroatoms. The summed E-state index contributed by atoms with van der Waals surface area (Å²) < 4.78 is 11.5. The van der Waals surface area contributed by atoms with Crippen molar-refractivity contribution in [3.8, 4) is 17.6 Å². The van der Waals surface area contributed by atoms with Gasteiger partial charge in [-0.25, -0.2) is 0 Å². The van der Waals surface area contributed by atoms with Crippen LogP contribution in [0.2, 0.25) is 0 Å². The SMILES string of the molecule is COc1cccc(CN2CCC[C@H](C#N)C2)c1OCCN(C)C. The number of para-hydroxylation sites is 1. The van der Waals surface area contributed by atoms with E-state index >= 15 is 0 Å². The molecule has 2 rings (SSSR count). The highest BCUT2D eigenvalue weighted by molar-refractivity contribution is 5.46. The lowest BCUT2D eigenvalue weighted by atomic mass is 9.99. The van der Waals surface area contributed by atoms with Crippen LogP contribution in [0.15, 0.2) is 18.2 Å². The Balaban J connectivity index is 2.09. The van der Waals surface area contributed by atoms with Gasteiger partial charge in [0.05, 0.1) is 19.1 Å². The van der Waals surface area contributed by atoms with Crippen molar-refractivity contribution in [2.45, 2.75) is 19.4 Å². The Morgan fingerprint density at radius 1 is 1.39 bits per heavy atom. The number of rotatable bonds is 7. The summed E-state index contributed by atoms with van der Waals surface area (Å²) in [5.74, 6) is 1.75. The Kier molecular flexibility index (Phi) is 6.69. The molecule has 1 atom stereocenters. The van der Waals surface area contributed by atoms with Gasteiger partial charge in [-0.15, -0.1) is 0 Å². The smallest absolute Gasteiger partial charge is 0.165 e. The summed E-state index contributed by atoms with van der Waals surface area (Å²) in [5.41, 5.74) is 1.13. The van der Waals surface area contributed by atoms with Crippen LogP contribution in [0.5, 0.6) is 11.5 Å². The Morgan fingerprint density at radius 2 is 2.22 bits per heavy atom. The summed E-state index contributed by atoms with van der Waals surface area (Å²) in [6.07, 6.45) is 2.09. The van der Waals surface area contributed by atoms with Crippen LogP contribution in [-0.4, -0.2) is 57.2 Å². The van der Waals surface area contributed by atoms with Crippen LogP contribution in [0, 0.1) is 17.2 Å². The van der Waals surface area contributed by atoms with Crippen LogP contribution >= 0.6 is 0 Å². The molecule has 1 saturated heterocycles. The lowest BCUT2D eigenvalue weighted by Gasteiger charge is -2.30. The van der Waals surface area contributed by atoms with Gasteiger partial charge in [-0.1, -0.05) is 12.1 Å². The van der Waals surface area contributed by atoms with E-state index in [4.69, 9.17) is 14.7 Å². The van der Waals surface area contributed by atoms with Gasteiger partial charge in [0, 0.05) is 25.2 Å². The standard InChI is InChI=1S/C18H27N3O2/c1-20(2)10-11-23-18-16(7-4-8-17(18)22-3)14-21-9-5-6-15(12-19)13-21/h4,7-8,15H,5-6,9-11,13-14H2,1-3H3/t15-/m1/s1. The summed E-state index contributed by atoms with van der Waals surface area (Å²) in [6.45, 7) is 4.16. The molecule has 0 aromatic heterocycles. The first-order valence-corrected chi connectivity index (χ1v) is 8.19. The number of piperidine rings is 1. The third-order valence-electron chi connectivity index (χ3n) is 4.15. The zero-order chi connectivity index (χ0) is 16.7. The van der Waals surface area contributed by atoms with E-state index in [0.29, 0.717) is 6.61 Å². The minimum absolute atomic E-state index is 0.146. The molecule has 0 unspecified atom stereocenters. The van der Waals surface area contributed by atoms with Crippen molar-refractivity contribution in [3.63, 3.8) is 0 Å². The number of ether oxygens (including phenoxy) is 2. The summed E-state index contributed by atoms with van der Waals surface area (Å²) in [5, 5.41) is 9.15. The Hall–Kier alpha value is -1.77. The molecule has 0 radical (unpaired) electrons. The average Bonchev–Trinajstić information content (AvgIpc) is 2.56. The fourth-order valence-corrected chi connectivity index (χ4v) is 2.89. The maximum Gasteiger partial charge on any atom is 0.165 e. The minimum atomic E-state index is 0.146. The lowest BCUT2D eigenvalue weighted by molar-refractivity contribution is 0.186. The molecule has 0 amide bonds. The molecule has 23 heavy (non-hydrogen) atoms. The predicted octanol–water partition coefficient (Wildman–Crippen LogP) is 2.37. The van der Waals surface area contributed by atoms with E-state index in [-0.39, 0.29) is 5.92 Å². The van der Waals surface area contributed by atoms with E-state index in [1.165, 1.54) is 0 Å². The normalized spacial score (nSPS) is 18.7. The van der Waals surface area contributed by atoms with Gasteiger partial charge in [-0.2, -0.15) is 5.26 Å². The highest BCUT2D eigenvalue weighted by Gasteiger charge is 2.21. The van der Waals surface area contributed by atoms with Crippen LogP contribution in [0.4, 0.5) is 0 Å². The molecule has 0 N–H and O–H groups in total. The van der Waals surface area contributed by atoms with E-state index < -0.39 is 0 Å². The molecule has 1 aliphatic rings. The molecular weight excluding hydrogens is 290 g/mol. The second-order valence-electron chi connectivity index (χ2n) is 6.30. The number of likely N-dealkylation sites (tertiary alicyclic amines) is 1. The molecule has 5 nitrogen and oxygen atoms in total.